The molecule has 5 atom stereocenters. The summed E-state index contributed by atoms with van der Waals surface area (Å²) in [7, 11) is 0. The van der Waals surface area contributed by atoms with Crippen LogP contribution in [0.1, 0.15) is 13.8 Å². The van der Waals surface area contributed by atoms with Gasteiger partial charge in [-0.25, -0.2) is 0 Å². The third kappa shape index (κ3) is 4.02. The molecule has 0 saturated carbocycles. The van der Waals surface area contributed by atoms with Crippen molar-refractivity contribution in [1.82, 2.24) is 0 Å². The Hall–Kier alpha value is -0.240. The Kier molecular flexibility index (Phi) is 6.26. The fourth-order valence-electron chi connectivity index (χ4n) is 1.13. The van der Waals surface area contributed by atoms with Crippen molar-refractivity contribution in [2.24, 2.45) is 5.92 Å². The van der Waals surface area contributed by atoms with Crippen molar-refractivity contribution >= 4 is 0 Å². The summed E-state index contributed by atoms with van der Waals surface area (Å²) in [5, 5.41) is 55.0. The van der Waals surface area contributed by atoms with Crippen LogP contribution in [-0.4, -0.2) is 67.8 Å². The highest BCUT2D eigenvalue weighted by atomic mass is 16.4. The molecule has 0 aromatic rings. The van der Waals surface area contributed by atoms with E-state index in [-0.39, 0.29) is 5.92 Å². The van der Waals surface area contributed by atoms with Gasteiger partial charge < -0.3 is 30.6 Å². The lowest BCUT2D eigenvalue weighted by molar-refractivity contribution is -0.146. The third-order valence-electron chi connectivity index (χ3n) is 2.31. The summed E-state index contributed by atoms with van der Waals surface area (Å²) < 4.78 is 0. The second kappa shape index (κ2) is 6.37. The molecule has 0 bridgehead atoms. The second-order valence-electron chi connectivity index (χ2n) is 3.96. The van der Waals surface area contributed by atoms with Crippen LogP contribution in [-0.2, 0) is 0 Å². The molecule has 0 rings (SSSR count). The summed E-state index contributed by atoms with van der Waals surface area (Å²) in [5.74, 6) is -0.298. The van der Waals surface area contributed by atoms with E-state index in [1.165, 1.54) is 0 Å². The van der Waals surface area contributed by atoms with E-state index in [4.69, 9.17) is 10.2 Å². The monoisotopic (exact) mass is 224 g/mol. The van der Waals surface area contributed by atoms with Crippen LogP contribution in [0.25, 0.3) is 0 Å². The molecule has 6 nitrogen and oxygen atoms in total. The van der Waals surface area contributed by atoms with Crippen LogP contribution in [0.4, 0.5) is 0 Å². The van der Waals surface area contributed by atoms with Gasteiger partial charge in [-0.1, -0.05) is 13.8 Å². The van der Waals surface area contributed by atoms with E-state index in [2.05, 4.69) is 0 Å². The molecular formula is C9H20O6. The fraction of sp³-hybridized carbons (Fsp3) is 1.00. The molecule has 0 fully saturated rings. The highest BCUT2D eigenvalue weighted by Gasteiger charge is 2.34. The van der Waals surface area contributed by atoms with E-state index >= 15 is 0 Å². The number of aliphatic hydroxyl groups is 6. The summed E-state index contributed by atoms with van der Waals surface area (Å²) in [6.07, 6.45) is -7.72. The van der Waals surface area contributed by atoms with Gasteiger partial charge in [0.2, 0.25) is 0 Å². The van der Waals surface area contributed by atoms with Crippen molar-refractivity contribution in [3.8, 4) is 0 Å². The molecule has 0 radical (unpaired) electrons. The predicted molar refractivity (Wildman–Crippen MR) is 52.0 cm³/mol. The zero-order chi connectivity index (χ0) is 12.2. The van der Waals surface area contributed by atoms with Crippen molar-refractivity contribution in [3.63, 3.8) is 0 Å². The van der Waals surface area contributed by atoms with Crippen molar-refractivity contribution in [1.29, 1.82) is 0 Å². The van der Waals surface area contributed by atoms with Gasteiger partial charge in [0.05, 0.1) is 12.7 Å². The molecule has 0 amide bonds. The van der Waals surface area contributed by atoms with Crippen LogP contribution in [0.3, 0.4) is 0 Å². The maximum atomic E-state index is 9.42. The highest BCUT2D eigenvalue weighted by molar-refractivity contribution is 4.85. The second-order valence-corrected chi connectivity index (χ2v) is 3.96. The minimum Gasteiger partial charge on any atom is -0.394 e. The Bertz CT molecular complexity index is 174. The van der Waals surface area contributed by atoms with Gasteiger partial charge in [0.1, 0.15) is 24.4 Å². The van der Waals surface area contributed by atoms with Gasteiger partial charge in [-0.15, -0.1) is 0 Å². The summed E-state index contributed by atoms with van der Waals surface area (Å²) in [6.45, 7) is 2.54. The normalized spacial score (nSPS) is 22.2. The minimum atomic E-state index is -1.70. The average molecular weight is 224 g/mol. The first-order valence-corrected chi connectivity index (χ1v) is 4.84. The van der Waals surface area contributed by atoms with Crippen LogP contribution >= 0.6 is 0 Å². The van der Waals surface area contributed by atoms with Crippen molar-refractivity contribution in [2.75, 3.05) is 6.61 Å². The fourth-order valence-corrected chi connectivity index (χ4v) is 1.13. The van der Waals surface area contributed by atoms with E-state index < -0.39 is 37.1 Å². The molecule has 92 valence electrons. The van der Waals surface area contributed by atoms with Crippen LogP contribution in [0, 0.1) is 5.92 Å². The molecular weight excluding hydrogens is 204 g/mol. The maximum Gasteiger partial charge on any atom is 0.111 e. The van der Waals surface area contributed by atoms with Crippen molar-refractivity contribution in [3.05, 3.63) is 0 Å². The largest absolute Gasteiger partial charge is 0.394 e. The Labute approximate surface area is 88.4 Å². The van der Waals surface area contributed by atoms with Gasteiger partial charge in [-0.2, -0.15) is 0 Å². The van der Waals surface area contributed by atoms with E-state index in [1.54, 1.807) is 13.8 Å². The smallest absolute Gasteiger partial charge is 0.111 e. The molecule has 6 heteroatoms. The number of aliphatic hydroxyl groups excluding tert-OH is 6. The minimum absolute atomic E-state index is 0.298. The summed E-state index contributed by atoms with van der Waals surface area (Å²) >= 11 is 0. The van der Waals surface area contributed by atoms with Gasteiger partial charge in [0, 0.05) is 0 Å². The molecule has 0 heterocycles. The van der Waals surface area contributed by atoms with Gasteiger partial charge in [-0.3, -0.25) is 0 Å². The predicted octanol–water partition coefficient (Wildman–Crippen LogP) is -2.56. The maximum absolute atomic E-state index is 9.42. The molecule has 0 aliphatic rings. The third-order valence-corrected chi connectivity index (χ3v) is 2.31. The lowest BCUT2D eigenvalue weighted by Crippen LogP contribution is -2.51. The molecule has 1 unspecified atom stereocenters. The Balaban J connectivity index is 4.36. The average Bonchev–Trinajstić information content (AvgIpc) is 2.23. The number of hydrogen-bond acceptors (Lipinski definition) is 6. The van der Waals surface area contributed by atoms with Gasteiger partial charge in [-0.05, 0) is 5.92 Å². The lowest BCUT2D eigenvalue weighted by atomic mass is 9.93. The van der Waals surface area contributed by atoms with E-state index in [1.807, 2.05) is 0 Å². The molecule has 0 spiro atoms. The Morgan fingerprint density at radius 3 is 1.47 bits per heavy atom. The first kappa shape index (κ1) is 14.8. The first-order valence-electron chi connectivity index (χ1n) is 4.84. The standard InChI is InChI=1S/C9H20O6/c1-4(2)6(12)8(14)9(15)7(13)5(11)3-10/h4-15H,3H2,1-2H3/t5-,6?,7-,8+,9+/m1/s1. The summed E-state index contributed by atoms with van der Waals surface area (Å²) in [4.78, 5) is 0. The molecule has 0 saturated heterocycles. The van der Waals surface area contributed by atoms with Crippen LogP contribution in [0.2, 0.25) is 0 Å². The van der Waals surface area contributed by atoms with E-state index in [0.717, 1.165) is 0 Å². The molecule has 0 aliphatic carbocycles. The molecule has 0 aromatic heterocycles. The highest BCUT2D eigenvalue weighted by Crippen LogP contribution is 2.13. The van der Waals surface area contributed by atoms with Crippen LogP contribution in [0.5, 0.6) is 0 Å². The SMILES string of the molecule is CC(C)C(O)[C@H](O)[C@@H](O)[C@H](O)[C@H](O)CO. The lowest BCUT2D eigenvalue weighted by Gasteiger charge is -2.29. The first-order chi connectivity index (χ1) is 6.82. The van der Waals surface area contributed by atoms with Crippen molar-refractivity contribution < 1.29 is 30.6 Å². The number of rotatable bonds is 6. The topological polar surface area (TPSA) is 121 Å². The summed E-state index contributed by atoms with van der Waals surface area (Å²) in [6, 6.07) is 0. The van der Waals surface area contributed by atoms with Gasteiger partial charge in [0.15, 0.2) is 0 Å². The van der Waals surface area contributed by atoms with E-state index in [9.17, 15) is 20.4 Å². The molecule has 0 aliphatic heterocycles. The Morgan fingerprint density at radius 1 is 0.733 bits per heavy atom. The molecule has 0 aromatic carbocycles. The van der Waals surface area contributed by atoms with Gasteiger partial charge in [0.25, 0.3) is 0 Å². The van der Waals surface area contributed by atoms with Crippen LogP contribution < -0.4 is 0 Å². The van der Waals surface area contributed by atoms with E-state index in [0.29, 0.717) is 0 Å². The van der Waals surface area contributed by atoms with Gasteiger partial charge >= 0.3 is 0 Å². The summed E-state index contributed by atoms with van der Waals surface area (Å²) in [5.41, 5.74) is 0. The molecule has 15 heavy (non-hydrogen) atoms. The number of hydrogen-bond donors (Lipinski definition) is 6. The molecule has 6 N–H and O–H groups in total. The zero-order valence-corrected chi connectivity index (χ0v) is 8.85. The quantitative estimate of drug-likeness (QED) is 0.295. The van der Waals surface area contributed by atoms with Crippen molar-refractivity contribution in [2.45, 2.75) is 44.4 Å². The Morgan fingerprint density at radius 2 is 1.13 bits per heavy atom. The van der Waals surface area contributed by atoms with Crippen LogP contribution in [0.15, 0.2) is 0 Å². The zero-order valence-electron chi connectivity index (χ0n) is 8.85.